The molecule has 0 saturated heterocycles. The van der Waals surface area contributed by atoms with Crippen molar-refractivity contribution in [3.05, 3.63) is 88.5 Å². The Balaban J connectivity index is 1.40. The predicted octanol–water partition coefficient (Wildman–Crippen LogP) is 3.46. The van der Waals surface area contributed by atoms with Crippen molar-refractivity contribution in [3.63, 3.8) is 0 Å². The second-order valence-corrected chi connectivity index (χ2v) is 6.75. The largest absolute Gasteiger partial charge is 0.422 e. The van der Waals surface area contributed by atoms with Gasteiger partial charge in [-0.3, -0.25) is 4.79 Å². The van der Waals surface area contributed by atoms with Crippen LogP contribution in [0.3, 0.4) is 0 Å². The Morgan fingerprint density at radius 3 is 2.63 bits per heavy atom. The van der Waals surface area contributed by atoms with Gasteiger partial charge < -0.3 is 9.73 Å². The maximum Gasteiger partial charge on any atom is 0.349 e. The molecule has 5 rings (SSSR count). The van der Waals surface area contributed by atoms with Crippen molar-refractivity contribution in [3.8, 4) is 11.3 Å². The number of hydrogen-bond acceptors (Lipinski definition) is 6. The molecule has 30 heavy (non-hydrogen) atoms. The number of hydrogen-bond donors (Lipinski definition) is 1. The molecule has 1 amide bonds. The molecule has 0 saturated carbocycles. The van der Waals surface area contributed by atoms with Gasteiger partial charge in [-0.25, -0.2) is 4.79 Å². The summed E-state index contributed by atoms with van der Waals surface area (Å²) in [6.45, 7) is 1.83. The first-order valence-electron chi connectivity index (χ1n) is 9.22. The van der Waals surface area contributed by atoms with Gasteiger partial charge in [-0.1, -0.05) is 30.3 Å². The number of aromatic nitrogens is 4. The van der Waals surface area contributed by atoms with Crippen LogP contribution < -0.4 is 10.9 Å². The van der Waals surface area contributed by atoms with Gasteiger partial charge in [0, 0.05) is 16.6 Å². The zero-order valence-electron chi connectivity index (χ0n) is 15.9. The van der Waals surface area contributed by atoms with Gasteiger partial charge in [-0.15, -0.1) is 10.2 Å². The lowest BCUT2D eigenvalue weighted by Gasteiger charge is -2.07. The Morgan fingerprint density at radius 2 is 1.80 bits per heavy atom. The Hall–Kier alpha value is -4.33. The van der Waals surface area contributed by atoms with Crippen LogP contribution in [-0.2, 0) is 0 Å². The van der Waals surface area contributed by atoms with Crippen molar-refractivity contribution in [2.75, 3.05) is 5.32 Å². The molecule has 0 aliphatic carbocycles. The van der Waals surface area contributed by atoms with Gasteiger partial charge >= 0.3 is 5.63 Å². The van der Waals surface area contributed by atoms with Crippen LogP contribution >= 0.6 is 0 Å². The monoisotopic (exact) mass is 397 g/mol. The lowest BCUT2D eigenvalue weighted by molar-refractivity contribution is 0.102. The number of rotatable bonds is 3. The van der Waals surface area contributed by atoms with E-state index in [4.69, 9.17) is 4.42 Å². The number of para-hydroxylation sites is 1. The van der Waals surface area contributed by atoms with Crippen LogP contribution in [0.15, 0.2) is 75.9 Å². The lowest BCUT2D eigenvalue weighted by Crippen LogP contribution is -2.20. The van der Waals surface area contributed by atoms with Crippen molar-refractivity contribution in [2.45, 2.75) is 6.92 Å². The summed E-state index contributed by atoms with van der Waals surface area (Å²) in [4.78, 5) is 24.8. The summed E-state index contributed by atoms with van der Waals surface area (Å²) in [5, 5.41) is 16.0. The third-order valence-electron chi connectivity index (χ3n) is 4.74. The normalized spacial score (nSPS) is 11.1. The van der Waals surface area contributed by atoms with Gasteiger partial charge in [0.15, 0.2) is 11.5 Å². The number of nitrogens with zero attached hydrogens (tertiary/aromatic N) is 4. The SMILES string of the molecule is Cc1nnc2ccc(-c3ccc(NC(=O)c4cc5ccccc5oc4=O)cc3)nn12. The van der Waals surface area contributed by atoms with Crippen LogP contribution in [0.2, 0.25) is 0 Å². The highest BCUT2D eigenvalue weighted by molar-refractivity contribution is 6.05. The molecule has 3 aromatic heterocycles. The van der Waals surface area contributed by atoms with Gasteiger partial charge in [0.2, 0.25) is 0 Å². The van der Waals surface area contributed by atoms with E-state index >= 15 is 0 Å². The lowest BCUT2D eigenvalue weighted by atomic mass is 10.1. The third-order valence-corrected chi connectivity index (χ3v) is 4.74. The van der Waals surface area contributed by atoms with Crippen LogP contribution in [0.25, 0.3) is 27.9 Å². The van der Waals surface area contributed by atoms with E-state index in [2.05, 4.69) is 20.6 Å². The Morgan fingerprint density at radius 1 is 1.00 bits per heavy atom. The highest BCUT2D eigenvalue weighted by Crippen LogP contribution is 2.21. The van der Waals surface area contributed by atoms with E-state index in [1.807, 2.05) is 37.3 Å². The van der Waals surface area contributed by atoms with Gasteiger partial charge in [0.25, 0.3) is 5.91 Å². The number of benzene rings is 2. The number of amides is 1. The van der Waals surface area contributed by atoms with E-state index in [-0.39, 0.29) is 5.56 Å². The molecule has 0 bridgehead atoms. The zero-order chi connectivity index (χ0) is 20.7. The van der Waals surface area contributed by atoms with Crippen molar-refractivity contribution in [2.24, 2.45) is 0 Å². The number of anilines is 1. The molecular formula is C22H15N5O3. The molecule has 0 spiro atoms. The Kier molecular flexibility index (Phi) is 4.10. The Labute approximate surface area is 169 Å². The molecule has 0 fully saturated rings. The average molecular weight is 397 g/mol. The quantitative estimate of drug-likeness (QED) is 0.468. The average Bonchev–Trinajstić information content (AvgIpc) is 3.14. The molecule has 0 aliphatic heterocycles. The molecule has 146 valence electrons. The van der Waals surface area contributed by atoms with E-state index in [0.29, 0.717) is 28.1 Å². The number of fused-ring (bicyclic) bond motifs is 2. The minimum atomic E-state index is -0.676. The fraction of sp³-hybridized carbons (Fsp3) is 0.0455. The van der Waals surface area contributed by atoms with Crippen molar-refractivity contribution >= 4 is 28.2 Å². The maximum atomic E-state index is 12.6. The summed E-state index contributed by atoms with van der Waals surface area (Å²) >= 11 is 0. The van der Waals surface area contributed by atoms with Crippen molar-refractivity contribution in [1.29, 1.82) is 0 Å². The van der Waals surface area contributed by atoms with E-state index in [1.54, 1.807) is 34.8 Å². The highest BCUT2D eigenvalue weighted by Gasteiger charge is 2.14. The zero-order valence-corrected chi connectivity index (χ0v) is 15.9. The summed E-state index contributed by atoms with van der Waals surface area (Å²) in [7, 11) is 0. The van der Waals surface area contributed by atoms with Gasteiger partial charge in [-0.05, 0) is 43.3 Å². The fourth-order valence-corrected chi connectivity index (χ4v) is 3.19. The first-order chi connectivity index (χ1) is 14.6. The van der Waals surface area contributed by atoms with Gasteiger partial charge in [-0.2, -0.15) is 9.61 Å². The second-order valence-electron chi connectivity index (χ2n) is 6.75. The molecule has 8 heteroatoms. The third kappa shape index (κ3) is 3.10. The molecule has 0 radical (unpaired) electrons. The molecule has 8 nitrogen and oxygen atoms in total. The van der Waals surface area contributed by atoms with E-state index in [1.165, 1.54) is 6.07 Å². The highest BCUT2D eigenvalue weighted by atomic mass is 16.4. The maximum absolute atomic E-state index is 12.6. The first kappa shape index (κ1) is 17.7. The standard InChI is InChI=1S/C22H15N5O3/c1-13-24-25-20-11-10-18(26-27(13)20)14-6-8-16(9-7-14)23-21(28)17-12-15-4-2-3-5-19(15)30-22(17)29/h2-12H,1H3,(H,23,28). The summed E-state index contributed by atoms with van der Waals surface area (Å²) in [5.41, 5.74) is 2.56. The molecule has 0 unspecified atom stereocenters. The number of nitrogens with one attached hydrogen (secondary N) is 1. The minimum Gasteiger partial charge on any atom is -0.422 e. The Bertz CT molecular complexity index is 1470. The van der Waals surface area contributed by atoms with Gasteiger partial charge in [0.05, 0.1) is 5.69 Å². The summed E-state index contributed by atoms with van der Waals surface area (Å²) in [5.74, 6) is 0.173. The van der Waals surface area contributed by atoms with Crippen LogP contribution in [-0.4, -0.2) is 25.7 Å². The van der Waals surface area contributed by atoms with Crippen molar-refractivity contribution in [1.82, 2.24) is 19.8 Å². The van der Waals surface area contributed by atoms with Crippen LogP contribution in [0, 0.1) is 6.92 Å². The van der Waals surface area contributed by atoms with Crippen molar-refractivity contribution < 1.29 is 9.21 Å². The minimum absolute atomic E-state index is 0.0482. The number of carbonyl (C=O) groups is 1. The predicted molar refractivity (Wildman–Crippen MR) is 111 cm³/mol. The van der Waals surface area contributed by atoms with E-state index in [9.17, 15) is 9.59 Å². The molecular weight excluding hydrogens is 382 g/mol. The molecule has 0 atom stereocenters. The molecule has 5 aromatic rings. The first-order valence-corrected chi connectivity index (χ1v) is 9.22. The topological polar surface area (TPSA) is 102 Å². The molecule has 1 N–H and O–H groups in total. The van der Waals surface area contributed by atoms with E-state index in [0.717, 1.165) is 11.3 Å². The molecule has 2 aromatic carbocycles. The van der Waals surface area contributed by atoms with E-state index < -0.39 is 11.5 Å². The molecule has 3 heterocycles. The smallest absolute Gasteiger partial charge is 0.349 e. The van der Waals surface area contributed by atoms with Crippen LogP contribution in [0.5, 0.6) is 0 Å². The number of carbonyl (C=O) groups excluding carboxylic acids is 1. The van der Waals surface area contributed by atoms with Gasteiger partial charge in [0.1, 0.15) is 11.1 Å². The summed E-state index contributed by atoms with van der Waals surface area (Å²) in [6, 6.07) is 19.5. The summed E-state index contributed by atoms with van der Waals surface area (Å²) in [6.07, 6.45) is 0. The summed E-state index contributed by atoms with van der Waals surface area (Å²) < 4.78 is 6.90. The second kappa shape index (κ2) is 6.93. The van der Waals surface area contributed by atoms with Crippen LogP contribution in [0.4, 0.5) is 5.69 Å². The molecule has 0 aliphatic rings. The number of aryl methyl sites for hydroxylation is 1. The fourth-order valence-electron chi connectivity index (χ4n) is 3.19. The van der Waals surface area contributed by atoms with Crippen LogP contribution in [0.1, 0.15) is 16.2 Å².